The molecule has 4 N–H and O–H groups in total. The molecule has 1 atom stereocenters. The lowest BCUT2D eigenvalue weighted by Gasteiger charge is -2.34. The molecule has 1 saturated heterocycles. The van der Waals surface area contributed by atoms with Crippen LogP contribution in [-0.2, 0) is 11.4 Å². The van der Waals surface area contributed by atoms with Gasteiger partial charge in [-0.15, -0.1) is 0 Å². The molecule has 1 amide bonds. The number of amides is 1. The van der Waals surface area contributed by atoms with Crippen LogP contribution in [0.3, 0.4) is 0 Å². The first-order valence-electron chi connectivity index (χ1n) is 14.3. The van der Waals surface area contributed by atoms with Gasteiger partial charge in [0.1, 0.15) is 41.8 Å². The highest BCUT2D eigenvalue weighted by atomic mass is 16.5. The Kier molecular flexibility index (Phi) is 9.28. The number of piperidine rings is 1. The highest BCUT2D eigenvalue weighted by Crippen LogP contribution is 2.28. The van der Waals surface area contributed by atoms with Crippen LogP contribution in [0.1, 0.15) is 49.3 Å². The Morgan fingerprint density at radius 3 is 2.60 bits per heavy atom. The van der Waals surface area contributed by atoms with E-state index in [2.05, 4.69) is 15.3 Å². The minimum atomic E-state index is 0.0172. The maximum Gasteiger partial charge on any atom is 0.222 e. The van der Waals surface area contributed by atoms with E-state index in [4.69, 9.17) is 20.6 Å². The normalized spacial score (nSPS) is 14.7. The second-order valence-electron chi connectivity index (χ2n) is 10.3. The fourth-order valence-corrected chi connectivity index (χ4v) is 4.98. The second kappa shape index (κ2) is 13.6. The molecule has 1 aliphatic heterocycles. The van der Waals surface area contributed by atoms with Crippen LogP contribution in [0.2, 0.25) is 0 Å². The van der Waals surface area contributed by atoms with Crippen molar-refractivity contribution in [2.75, 3.05) is 24.1 Å². The molecule has 5 rings (SSSR count). The highest BCUT2D eigenvalue weighted by Gasteiger charge is 2.25. The average molecular weight is 565 g/mol. The topological polar surface area (TPSA) is 126 Å². The summed E-state index contributed by atoms with van der Waals surface area (Å²) in [6.45, 7) is 3.85. The van der Waals surface area contributed by atoms with Crippen LogP contribution in [0.4, 0.5) is 11.6 Å². The van der Waals surface area contributed by atoms with Crippen molar-refractivity contribution < 1.29 is 14.3 Å². The van der Waals surface area contributed by atoms with Crippen LogP contribution in [-0.4, -0.2) is 45.6 Å². The lowest BCUT2D eigenvalue weighted by atomic mass is 10.0. The van der Waals surface area contributed by atoms with E-state index in [1.807, 2.05) is 90.7 Å². The van der Waals surface area contributed by atoms with E-state index < -0.39 is 0 Å². The molecule has 9 nitrogen and oxygen atoms in total. The van der Waals surface area contributed by atoms with Gasteiger partial charge in [-0.05, 0) is 61.2 Å². The van der Waals surface area contributed by atoms with Crippen LogP contribution in [0.5, 0.6) is 17.2 Å². The molecule has 0 radical (unpaired) electrons. The van der Waals surface area contributed by atoms with Gasteiger partial charge in [-0.25, -0.2) is 9.97 Å². The van der Waals surface area contributed by atoms with Gasteiger partial charge in [-0.2, -0.15) is 0 Å². The van der Waals surface area contributed by atoms with E-state index in [1.54, 1.807) is 0 Å². The van der Waals surface area contributed by atoms with Crippen LogP contribution < -0.4 is 20.5 Å². The molecule has 0 aliphatic carbocycles. The Bertz CT molecular complexity index is 1510. The number of benzene rings is 3. The van der Waals surface area contributed by atoms with Crippen LogP contribution in [0.15, 0.2) is 85.2 Å². The molecule has 3 aromatic carbocycles. The van der Waals surface area contributed by atoms with Crippen LogP contribution in [0, 0.1) is 5.41 Å². The van der Waals surface area contributed by atoms with E-state index in [-0.39, 0.29) is 23.5 Å². The predicted octanol–water partition coefficient (Wildman–Crippen LogP) is 6.05. The van der Waals surface area contributed by atoms with Crippen molar-refractivity contribution in [2.24, 2.45) is 0 Å². The molecule has 0 spiro atoms. The minimum absolute atomic E-state index is 0.0172. The van der Waals surface area contributed by atoms with Gasteiger partial charge in [-0.1, -0.05) is 43.3 Å². The number of carbonyl (C=O) groups is 1. The zero-order chi connectivity index (χ0) is 29.3. The van der Waals surface area contributed by atoms with Crippen molar-refractivity contribution in [3.8, 4) is 17.2 Å². The van der Waals surface area contributed by atoms with Gasteiger partial charge in [0.15, 0.2) is 0 Å². The van der Waals surface area contributed by atoms with Crippen molar-refractivity contribution in [1.82, 2.24) is 14.9 Å². The number of carbonyl (C=O) groups excluding carboxylic acids is 1. The highest BCUT2D eigenvalue weighted by molar-refractivity contribution is 6.16. The molecular weight excluding hydrogens is 528 g/mol. The second-order valence-corrected chi connectivity index (χ2v) is 10.3. The summed E-state index contributed by atoms with van der Waals surface area (Å²) in [5, 5.41) is 12.4. The number of nitrogens with zero attached hydrogens (tertiary/aromatic N) is 3. The van der Waals surface area contributed by atoms with E-state index in [0.29, 0.717) is 53.8 Å². The quantitative estimate of drug-likeness (QED) is 0.189. The first kappa shape index (κ1) is 28.6. The number of nitrogen functional groups attached to an aromatic ring is 1. The first-order valence-corrected chi connectivity index (χ1v) is 14.3. The number of aromatic nitrogens is 2. The Labute approximate surface area is 246 Å². The van der Waals surface area contributed by atoms with Gasteiger partial charge < -0.3 is 25.4 Å². The number of anilines is 2. The third kappa shape index (κ3) is 7.23. The SMILES string of the molecule is CCCC(=O)N1CCCC(Nc2ncnc(N)c2C(=N)c2ccc(Oc3cccc(OCc4ccccc4)c3)cc2)C1. The van der Waals surface area contributed by atoms with Gasteiger partial charge in [0.05, 0.1) is 11.3 Å². The van der Waals surface area contributed by atoms with Gasteiger partial charge in [-0.3, -0.25) is 10.2 Å². The molecule has 1 unspecified atom stereocenters. The molecule has 42 heavy (non-hydrogen) atoms. The van der Waals surface area contributed by atoms with E-state index >= 15 is 0 Å². The van der Waals surface area contributed by atoms with E-state index in [9.17, 15) is 4.79 Å². The summed E-state index contributed by atoms with van der Waals surface area (Å²) in [7, 11) is 0. The van der Waals surface area contributed by atoms with Crippen molar-refractivity contribution in [1.29, 1.82) is 5.41 Å². The molecule has 9 heteroatoms. The molecule has 0 bridgehead atoms. The summed E-state index contributed by atoms with van der Waals surface area (Å²) in [6, 6.07) is 24.8. The summed E-state index contributed by atoms with van der Waals surface area (Å²) >= 11 is 0. The van der Waals surface area contributed by atoms with E-state index in [1.165, 1.54) is 6.33 Å². The van der Waals surface area contributed by atoms with Crippen molar-refractivity contribution >= 4 is 23.3 Å². The molecule has 1 aliphatic rings. The minimum Gasteiger partial charge on any atom is -0.489 e. The number of rotatable bonds is 11. The summed E-state index contributed by atoms with van der Waals surface area (Å²) in [5.74, 6) is 2.88. The molecule has 216 valence electrons. The smallest absolute Gasteiger partial charge is 0.222 e. The number of nitrogens with two attached hydrogens (primary N) is 1. The zero-order valence-electron chi connectivity index (χ0n) is 23.8. The summed E-state index contributed by atoms with van der Waals surface area (Å²) in [4.78, 5) is 22.9. The Balaban J connectivity index is 1.25. The number of hydrogen-bond acceptors (Lipinski definition) is 8. The lowest BCUT2D eigenvalue weighted by Crippen LogP contribution is -2.45. The monoisotopic (exact) mass is 564 g/mol. The van der Waals surface area contributed by atoms with Crippen LogP contribution >= 0.6 is 0 Å². The maximum atomic E-state index is 12.5. The van der Waals surface area contributed by atoms with Crippen molar-refractivity contribution in [2.45, 2.75) is 45.3 Å². The molecule has 1 aromatic heterocycles. The Morgan fingerprint density at radius 1 is 1.02 bits per heavy atom. The van der Waals surface area contributed by atoms with Gasteiger partial charge in [0.25, 0.3) is 0 Å². The molecular formula is C33H36N6O3. The molecule has 1 fully saturated rings. The average Bonchev–Trinajstić information content (AvgIpc) is 3.01. The maximum absolute atomic E-state index is 12.5. The largest absolute Gasteiger partial charge is 0.489 e. The van der Waals surface area contributed by atoms with Gasteiger partial charge in [0.2, 0.25) is 5.91 Å². The molecule has 0 saturated carbocycles. The van der Waals surface area contributed by atoms with Crippen LogP contribution in [0.25, 0.3) is 0 Å². The Morgan fingerprint density at radius 2 is 1.81 bits per heavy atom. The van der Waals surface area contributed by atoms with Gasteiger partial charge in [0, 0.05) is 37.2 Å². The fraction of sp³-hybridized carbons (Fsp3) is 0.273. The third-order valence-corrected chi connectivity index (χ3v) is 7.14. The zero-order valence-corrected chi connectivity index (χ0v) is 23.8. The summed E-state index contributed by atoms with van der Waals surface area (Å²) < 4.78 is 12.0. The fourth-order valence-electron chi connectivity index (χ4n) is 4.98. The number of likely N-dealkylation sites (tertiary alicyclic amines) is 1. The summed E-state index contributed by atoms with van der Waals surface area (Å²) in [5.41, 5.74) is 8.63. The third-order valence-electron chi connectivity index (χ3n) is 7.14. The predicted molar refractivity (Wildman–Crippen MR) is 164 cm³/mol. The summed E-state index contributed by atoms with van der Waals surface area (Å²) in [6.07, 6.45) is 4.58. The van der Waals surface area contributed by atoms with Crippen molar-refractivity contribution in [3.05, 3.63) is 102 Å². The molecule has 2 heterocycles. The lowest BCUT2D eigenvalue weighted by molar-refractivity contribution is -0.132. The van der Waals surface area contributed by atoms with E-state index in [0.717, 1.165) is 31.4 Å². The number of nitrogens with one attached hydrogen (secondary N) is 2. The van der Waals surface area contributed by atoms with Gasteiger partial charge >= 0.3 is 0 Å². The number of ether oxygens (including phenoxy) is 2. The number of hydrogen-bond donors (Lipinski definition) is 3. The molecule has 4 aromatic rings. The first-order chi connectivity index (χ1) is 20.5. The Hall–Kier alpha value is -4.92. The standard InChI is InChI=1S/C33H36N6O3/c1-2-8-29(40)39-18-7-11-25(20-39)38-33-30(32(35)36-22-37-33)31(34)24-14-16-26(17-15-24)42-28-13-6-12-27(19-28)41-21-23-9-4-3-5-10-23/h3-6,9-10,12-17,19,22,25,34H,2,7-8,11,18,20-21H2,1H3,(H3,35,36,37,38). The van der Waals surface area contributed by atoms with Crippen molar-refractivity contribution in [3.63, 3.8) is 0 Å².